The van der Waals surface area contributed by atoms with E-state index in [0.717, 1.165) is 6.42 Å². The standard InChI is InChI=1S/C11H12F2O3/c1-2-5-15-9-4-3-8(7-14)6-10(9)16-11(12)13/h3-4,6-7,11H,2,5H2,1H3. The van der Waals surface area contributed by atoms with Crippen LogP contribution in [0.2, 0.25) is 0 Å². The minimum Gasteiger partial charge on any atom is -0.490 e. The molecule has 5 heteroatoms. The van der Waals surface area contributed by atoms with Crippen molar-refractivity contribution < 1.29 is 23.0 Å². The first kappa shape index (κ1) is 12.4. The molecule has 0 bridgehead atoms. The third-order valence-electron chi connectivity index (χ3n) is 1.78. The smallest absolute Gasteiger partial charge is 0.387 e. The van der Waals surface area contributed by atoms with Crippen molar-refractivity contribution in [1.82, 2.24) is 0 Å². The van der Waals surface area contributed by atoms with Crippen LogP contribution in [0.5, 0.6) is 11.5 Å². The largest absolute Gasteiger partial charge is 0.490 e. The second-order valence-corrected chi connectivity index (χ2v) is 3.05. The number of alkyl halides is 2. The molecule has 1 rings (SSSR count). The Morgan fingerprint density at radius 3 is 2.69 bits per heavy atom. The summed E-state index contributed by atoms with van der Waals surface area (Å²) in [6, 6.07) is 4.15. The number of aldehydes is 1. The molecule has 0 aliphatic rings. The predicted octanol–water partition coefficient (Wildman–Crippen LogP) is 2.89. The summed E-state index contributed by atoms with van der Waals surface area (Å²) in [6.07, 6.45) is 1.31. The fourth-order valence-electron chi connectivity index (χ4n) is 1.12. The van der Waals surface area contributed by atoms with Crippen molar-refractivity contribution in [2.45, 2.75) is 20.0 Å². The summed E-state index contributed by atoms with van der Waals surface area (Å²) in [6.45, 7) is -0.640. The summed E-state index contributed by atoms with van der Waals surface area (Å²) < 4.78 is 33.7. The normalized spacial score (nSPS) is 10.2. The summed E-state index contributed by atoms with van der Waals surface area (Å²) in [5.74, 6) is 0.0980. The van der Waals surface area contributed by atoms with E-state index < -0.39 is 6.61 Å². The summed E-state index contributed by atoms with van der Waals surface area (Å²) in [7, 11) is 0. The molecule has 0 saturated carbocycles. The maximum absolute atomic E-state index is 12.1. The predicted molar refractivity (Wildman–Crippen MR) is 54.2 cm³/mol. The first-order valence-electron chi connectivity index (χ1n) is 4.84. The van der Waals surface area contributed by atoms with Crippen molar-refractivity contribution in [1.29, 1.82) is 0 Å². The summed E-state index contributed by atoms with van der Waals surface area (Å²) >= 11 is 0. The maximum atomic E-state index is 12.1. The Morgan fingerprint density at radius 2 is 2.12 bits per heavy atom. The van der Waals surface area contributed by atoms with Crippen LogP contribution in [-0.4, -0.2) is 19.5 Å². The van der Waals surface area contributed by atoms with Crippen molar-refractivity contribution in [2.75, 3.05) is 6.61 Å². The number of benzene rings is 1. The molecule has 0 fully saturated rings. The van der Waals surface area contributed by atoms with Crippen molar-refractivity contribution in [3.63, 3.8) is 0 Å². The summed E-state index contributed by atoms with van der Waals surface area (Å²) in [5.41, 5.74) is 0.263. The number of hydrogen-bond donors (Lipinski definition) is 0. The second kappa shape index (κ2) is 6.05. The lowest BCUT2D eigenvalue weighted by molar-refractivity contribution is -0.0515. The van der Waals surface area contributed by atoms with Gasteiger partial charge in [-0.15, -0.1) is 0 Å². The Kier molecular flexibility index (Phi) is 4.69. The van der Waals surface area contributed by atoms with E-state index in [-0.39, 0.29) is 17.1 Å². The van der Waals surface area contributed by atoms with Crippen molar-refractivity contribution >= 4 is 6.29 Å². The van der Waals surface area contributed by atoms with E-state index >= 15 is 0 Å². The molecule has 16 heavy (non-hydrogen) atoms. The van der Waals surface area contributed by atoms with E-state index in [4.69, 9.17) is 4.74 Å². The molecular weight excluding hydrogens is 218 g/mol. The van der Waals surface area contributed by atoms with Gasteiger partial charge < -0.3 is 9.47 Å². The highest BCUT2D eigenvalue weighted by atomic mass is 19.3. The van der Waals surface area contributed by atoms with E-state index in [2.05, 4.69) is 4.74 Å². The van der Waals surface area contributed by atoms with Crippen LogP contribution in [0.15, 0.2) is 18.2 Å². The zero-order valence-electron chi connectivity index (χ0n) is 8.78. The molecular formula is C11H12F2O3. The van der Waals surface area contributed by atoms with Crippen LogP contribution in [0.4, 0.5) is 8.78 Å². The topological polar surface area (TPSA) is 35.5 Å². The van der Waals surface area contributed by atoms with Gasteiger partial charge in [-0.3, -0.25) is 4.79 Å². The molecule has 1 aromatic rings. The van der Waals surface area contributed by atoms with Gasteiger partial charge in [0.1, 0.15) is 6.29 Å². The Bertz CT molecular complexity index is 353. The molecule has 0 unspecified atom stereocenters. The van der Waals surface area contributed by atoms with Crippen LogP contribution >= 0.6 is 0 Å². The molecule has 1 aromatic carbocycles. The van der Waals surface area contributed by atoms with Gasteiger partial charge in [-0.2, -0.15) is 8.78 Å². The van der Waals surface area contributed by atoms with Gasteiger partial charge in [-0.05, 0) is 24.6 Å². The average molecular weight is 230 g/mol. The maximum Gasteiger partial charge on any atom is 0.387 e. The number of hydrogen-bond acceptors (Lipinski definition) is 3. The zero-order valence-corrected chi connectivity index (χ0v) is 8.78. The van der Waals surface area contributed by atoms with Crippen molar-refractivity contribution in [2.24, 2.45) is 0 Å². The average Bonchev–Trinajstić information content (AvgIpc) is 2.26. The molecule has 0 amide bonds. The third kappa shape index (κ3) is 3.49. The number of carbonyl (C=O) groups is 1. The number of rotatable bonds is 6. The van der Waals surface area contributed by atoms with Gasteiger partial charge >= 0.3 is 6.61 Å². The Labute approximate surface area is 92.0 Å². The first-order valence-corrected chi connectivity index (χ1v) is 4.84. The van der Waals surface area contributed by atoms with Crippen LogP contribution in [0.25, 0.3) is 0 Å². The molecule has 88 valence electrons. The van der Waals surface area contributed by atoms with Gasteiger partial charge in [0, 0.05) is 5.56 Å². The minimum atomic E-state index is -2.94. The van der Waals surface area contributed by atoms with E-state index in [9.17, 15) is 13.6 Å². The Hall–Kier alpha value is -1.65. The second-order valence-electron chi connectivity index (χ2n) is 3.05. The van der Waals surface area contributed by atoms with Crippen LogP contribution < -0.4 is 9.47 Å². The fraction of sp³-hybridized carbons (Fsp3) is 0.364. The van der Waals surface area contributed by atoms with Crippen molar-refractivity contribution in [3.05, 3.63) is 23.8 Å². The number of carbonyl (C=O) groups excluding carboxylic acids is 1. The molecule has 0 saturated heterocycles. The summed E-state index contributed by atoms with van der Waals surface area (Å²) in [5, 5.41) is 0. The summed E-state index contributed by atoms with van der Waals surface area (Å²) in [4.78, 5) is 10.5. The highest BCUT2D eigenvalue weighted by molar-refractivity contribution is 5.76. The highest BCUT2D eigenvalue weighted by Crippen LogP contribution is 2.29. The molecule has 0 atom stereocenters. The number of ether oxygens (including phenoxy) is 2. The van der Waals surface area contributed by atoms with E-state index in [1.807, 2.05) is 6.92 Å². The molecule has 0 heterocycles. The lowest BCUT2D eigenvalue weighted by Gasteiger charge is -2.11. The lowest BCUT2D eigenvalue weighted by Crippen LogP contribution is -2.05. The molecule has 0 radical (unpaired) electrons. The van der Waals surface area contributed by atoms with Crippen molar-refractivity contribution in [3.8, 4) is 11.5 Å². The molecule has 0 spiro atoms. The molecule has 3 nitrogen and oxygen atoms in total. The van der Waals surface area contributed by atoms with Gasteiger partial charge in [0.2, 0.25) is 0 Å². The van der Waals surface area contributed by atoms with E-state index in [1.165, 1.54) is 18.2 Å². The van der Waals surface area contributed by atoms with Crippen LogP contribution in [-0.2, 0) is 0 Å². The Balaban J connectivity index is 2.91. The van der Waals surface area contributed by atoms with E-state index in [0.29, 0.717) is 12.9 Å². The lowest BCUT2D eigenvalue weighted by atomic mass is 10.2. The van der Waals surface area contributed by atoms with Gasteiger partial charge in [0.15, 0.2) is 11.5 Å². The first-order chi connectivity index (χ1) is 7.67. The van der Waals surface area contributed by atoms with Crippen LogP contribution in [0, 0.1) is 0 Å². The monoisotopic (exact) mass is 230 g/mol. The quantitative estimate of drug-likeness (QED) is 0.705. The number of halogens is 2. The third-order valence-corrected chi connectivity index (χ3v) is 1.78. The van der Waals surface area contributed by atoms with Gasteiger partial charge in [-0.1, -0.05) is 6.92 Å². The van der Waals surface area contributed by atoms with E-state index in [1.54, 1.807) is 0 Å². The molecule has 0 aromatic heterocycles. The fourth-order valence-corrected chi connectivity index (χ4v) is 1.12. The van der Waals surface area contributed by atoms with Gasteiger partial charge in [-0.25, -0.2) is 0 Å². The van der Waals surface area contributed by atoms with Gasteiger partial charge in [0.25, 0.3) is 0 Å². The molecule has 0 aliphatic carbocycles. The van der Waals surface area contributed by atoms with Crippen LogP contribution in [0.3, 0.4) is 0 Å². The molecule has 0 aliphatic heterocycles. The molecule has 0 N–H and O–H groups in total. The van der Waals surface area contributed by atoms with Crippen LogP contribution in [0.1, 0.15) is 23.7 Å². The van der Waals surface area contributed by atoms with Gasteiger partial charge in [0.05, 0.1) is 6.61 Å². The SMILES string of the molecule is CCCOc1ccc(C=O)cc1OC(F)F. The zero-order chi connectivity index (χ0) is 12.0. The minimum absolute atomic E-state index is 0.118. The highest BCUT2D eigenvalue weighted by Gasteiger charge is 2.11. The Morgan fingerprint density at radius 1 is 1.38 bits per heavy atom.